The van der Waals surface area contributed by atoms with Crippen LogP contribution in [0.2, 0.25) is 5.02 Å². The zero-order valence-electron chi connectivity index (χ0n) is 18.1. The van der Waals surface area contributed by atoms with E-state index in [1.807, 2.05) is 63.2 Å². The van der Waals surface area contributed by atoms with Gasteiger partial charge in [0.15, 0.2) is 5.16 Å². The standard InChI is InChI=1S/C24H19ClN4O2S2/c1-13-14(2)32-22-19(13)23(30)29(18-11-9-17(25)10-12-18)24(26-22)33-15(3)20-27-28-21(31-20)16-7-5-4-6-8-16/h4-12,15H,1-3H3/t15-/m1/s1. The highest BCUT2D eigenvalue weighted by molar-refractivity contribution is 7.99. The van der Waals surface area contributed by atoms with E-state index in [9.17, 15) is 4.79 Å². The second kappa shape index (κ2) is 8.78. The number of benzene rings is 2. The Morgan fingerprint density at radius 1 is 1.06 bits per heavy atom. The van der Waals surface area contributed by atoms with Gasteiger partial charge in [-0.05, 0) is 62.7 Å². The van der Waals surface area contributed by atoms with E-state index in [2.05, 4.69) is 10.2 Å². The first kappa shape index (κ1) is 21.9. The van der Waals surface area contributed by atoms with Gasteiger partial charge in [0.1, 0.15) is 4.83 Å². The molecule has 0 bridgehead atoms. The number of aryl methyl sites for hydroxylation is 2. The van der Waals surface area contributed by atoms with Crippen LogP contribution in [0.1, 0.15) is 28.5 Å². The molecule has 3 aromatic heterocycles. The molecule has 1 atom stereocenters. The molecule has 166 valence electrons. The normalized spacial score (nSPS) is 12.4. The molecule has 0 spiro atoms. The molecule has 5 aromatic rings. The van der Waals surface area contributed by atoms with E-state index in [1.54, 1.807) is 16.7 Å². The van der Waals surface area contributed by atoms with Crippen LogP contribution in [0.5, 0.6) is 0 Å². The lowest BCUT2D eigenvalue weighted by Gasteiger charge is -2.14. The van der Waals surface area contributed by atoms with Crippen LogP contribution in [-0.4, -0.2) is 19.7 Å². The fourth-order valence-electron chi connectivity index (χ4n) is 3.48. The Hall–Kier alpha value is -2.94. The second-order valence-electron chi connectivity index (χ2n) is 7.55. The van der Waals surface area contributed by atoms with Crippen molar-refractivity contribution in [2.45, 2.75) is 31.2 Å². The van der Waals surface area contributed by atoms with Crippen molar-refractivity contribution in [1.29, 1.82) is 0 Å². The third-order valence-corrected chi connectivity index (χ3v) is 7.74. The quantitative estimate of drug-likeness (QED) is 0.202. The largest absolute Gasteiger partial charge is 0.419 e. The average molecular weight is 495 g/mol. The number of hydrogen-bond acceptors (Lipinski definition) is 7. The maximum Gasteiger partial charge on any atom is 0.267 e. The third kappa shape index (κ3) is 4.10. The minimum Gasteiger partial charge on any atom is -0.419 e. The Balaban J connectivity index is 1.59. The van der Waals surface area contributed by atoms with E-state index in [0.717, 1.165) is 20.8 Å². The first-order chi connectivity index (χ1) is 15.9. The van der Waals surface area contributed by atoms with Crippen LogP contribution in [-0.2, 0) is 0 Å². The van der Waals surface area contributed by atoms with E-state index >= 15 is 0 Å². The molecule has 0 unspecified atom stereocenters. The van der Waals surface area contributed by atoms with Crippen LogP contribution in [0.3, 0.4) is 0 Å². The van der Waals surface area contributed by atoms with Crippen LogP contribution in [0, 0.1) is 13.8 Å². The predicted molar refractivity (Wildman–Crippen MR) is 134 cm³/mol. The van der Waals surface area contributed by atoms with Gasteiger partial charge >= 0.3 is 0 Å². The zero-order chi connectivity index (χ0) is 23.1. The summed E-state index contributed by atoms with van der Waals surface area (Å²) >= 11 is 9.02. The molecule has 0 saturated heterocycles. The van der Waals surface area contributed by atoms with Crippen molar-refractivity contribution in [1.82, 2.24) is 19.7 Å². The van der Waals surface area contributed by atoms with E-state index in [1.165, 1.54) is 23.1 Å². The van der Waals surface area contributed by atoms with Crippen LogP contribution in [0.25, 0.3) is 27.4 Å². The lowest BCUT2D eigenvalue weighted by Crippen LogP contribution is -2.21. The van der Waals surface area contributed by atoms with Gasteiger partial charge in [0.05, 0.1) is 16.3 Å². The van der Waals surface area contributed by atoms with E-state index in [-0.39, 0.29) is 10.8 Å². The number of rotatable bonds is 5. The van der Waals surface area contributed by atoms with Gasteiger partial charge in [0.25, 0.3) is 5.56 Å². The van der Waals surface area contributed by atoms with Crippen molar-refractivity contribution in [3.63, 3.8) is 0 Å². The van der Waals surface area contributed by atoms with Crippen molar-refractivity contribution in [3.8, 4) is 17.1 Å². The number of fused-ring (bicyclic) bond motifs is 1. The molecule has 0 saturated carbocycles. The van der Waals surface area contributed by atoms with Gasteiger partial charge in [-0.25, -0.2) is 4.98 Å². The van der Waals surface area contributed by atoms with Crippen LogP contribution >= 0.6 is 34.7 Å². The first-order valence-electron chi connectivity index (χ1n) is 10.3. The van der Waals surface area contributed by atoms with E-state index in [4.69, 9.17) is 21.0 Å². The summed E-state index contributed by atoms with van der Waals surface area (Å²) in [5.41, 5.74) is 2.42. The summed E-state index contributed by atoms with van der Waals surface area (Å²) in [6.07, 6.45) is 0. The van der Waals surface area contributed by atoms with Gasteiger partial charge in [-0.1, -0.05) is 41.6 Å². The minimum absolute atomic E-state index is 0.102. The lowest BCUT2D eigenvalue weighted by atomic mass is 10.2. The van der Waals surface area contributed by atoms with E-state index < -0.39 is 0 Å². The number of halogens is 1. The highest BCUT2D eigenvalue weighted by atomic mass is 35.5. The molecule has 0 aliphatic heterocycles. The molecule has 2 aromatic carbocycles. The van der Waals surface area contributed by atoms with E-state index in [0.29, 0.717) is 33.0 Å². The highest BCUT2D eigenvalue weighted by Crippen LogP contribution is 2.37. The Bertz CT molecular complexity index is 1510. The average Bonchev–Trinajstić information content (AvgIpc) is 3.41. The molecule has 3 heterocycles. The first-order valence-corrected chi connectivity index (χ1v) is 12.3. The summed E-state index contributed by atoms with van der Waals surface area (Å²) in [5, 5.41) is 10.0. The molecule has 0 aliphatic carbocycles. The summed E-state index contributed by atoms with van der Waals surface area (Å²) in [7, 11) is 0. The van der Waals surface area contributed by atoms with Crippen LogP contribution in [0.4, 0.5) is 0 Å². The minimum atomic E-state index is -0.222. The van der Waals surface area contributed by atoms with Gasteiger partial charge in [-0.2, -0.15) is 0 Å². The summed E-state index contributed by atoms with van der Waals surface area (Å²) in [6, 6.07) is 16.8. The Morgan fingerprint density at radius 2 is 1.79 bits per heavy atom. The van der Waals surface area contributed by atoms with Gasteiger partial charge < -0.3 is 4.42 Å². The van der Waals surface area contributed by atoms with Crippen molar-refractivity contribution in [2.24, 2.45) is 0 Å². The Morgan fingerprint density at radius 3 is 2.52 bits per heavy atom. The molecular weight excluding hydrogens is 476 g/mol. The van der Waals surface area contributed by atoms with Crippen molar-refractivity contribution < 1.29 is 4.42 Å². The monoisotopic (exact) mass is 494 g/mol. The van der Waals surface area contributed by atoms with Crippen LogP contribution < -0.4 is 5.56 Å². The third-order valence-electron chi connectivity index (χ3n) is 5.35. The molecular formula is C24H19ClN4O2S2. The Kier molecular flexibility index (Phi) is 5.82. The molecule has 9 heteroatoms. The van der Waals surface area contributed by atoms with Crippen molar-refractivity contribution in [2.75, 3.05) is 0 Å². The summed E-state index contributed by atoms with van der Waals surface area (Å²) in [4.78, 5) is 20.3. The van der Waals surface area contributed by atoms with Crippen molar-refractivity contribution in [3.05, 3.63) is 86.3 Å². The molecule has 5 rings (SSSR count). The smallest absolute Gasteiger partial charge is 0.267 e. The zero-order valence-corrected chi connectivity index (χ0v) is 20.5. The van der Waals surface area contributed by atoms with Gasteiger partial charge in [0.2, 0.25) is 11.8 Å². The van der Waals surface area contributed by atoms with Crippen molar-refractivity contribution >= 4 is 44.9 Å². The second-order valence-corrected chi connectivity index (χ2v) is 10.5. The SMILES string of the molecule is Cc1sc2nc(S[C@H](C)c3nnc(-c4ccccc4)o3)n(-c3ccc(Cl)cc3)c(=O)c2c1C. The number of thiophene rings is 1. The molecule has 33 heavy (non-hydrogen) atoms. The van der Waals surface area contributed by atoms with Gasteiger partial charge in [0, 0.05) is 15.5 Å². The Labute approximate surface area is 203 Å². The summed E-state index contributed by atoms with van der Waals surface area (Å²) < 4.78 is 7.57. The number of thioether (sulfide) groups is 1. The predicted octanol–water partition coefficient (Wildman–Crippen LogP) is 6.62. The number of nitrogens with zero attached hydrogens (tertiary/aromatic N) is 4. The number of hydrogen-bond donors (Lipinski definition) is 0. The van der Waals surface area contributed by atoms with Gasteiger partial charge in [-0.3, -0.25) is 9.36 Å². The van der Waals surface area contributed by atoms with Gasteiger partial charge in [-0.15, -0.1) is 21.5 Å². The highest BCUT2D eigenvalue weighted by Gasteiger charge is 2.23. The molecule has 0 aliphatic rings. The fraction of sp³-hybridized carbons (Fsp3) is 0.167. The molecule has 0 amide bonds. The lowest BCUT2D eigenvalue weighted by molar-refractivity contribution is 0.509. The molecule has 0 fully saturated rings. The molecule has 6 nitrogen and oxygen atoms in total. The maximum atomic E-state index is 13.6. The molecule has 0 radical (unpaired) electrons. The van der Waals surface area contributed by atoms with Crippen LogP contribution in [0.15, 0.2) is 69.0 Å². The maximum absolute atomic E-state index is 13.6. The summed E-state index contributed by atoms with van der Waals surface area (Å²) in [5.74, 6) is 0.926. The molecule has 0 N–H and O–H groups in total. The summed E-state index contributed by atoms with van der Waals surface area (Å²) in [6.45, 7) is 5.93. The fourth-order valence-corrected chi connectivity index (χ4v) is 5.63. The topological polar surface area (TPSA) is 73.8 Å². The number of aromatic nitrogens is 4.